The van der Waals surface area contributed by atoms with Crippen LogP contribution in [0.15, 0.2) is 48.5 Å². The molecule has 1 atom stereocenters. The van der Waals surface area contributed by atoms with E-state index in [0.717, 1.165) is 24.2 Å². The molecule has 0 aliphatic carbocycles. The first kappa shape index (κ1) is 20.2. The summed E-state index contributed by atoms with van der Waals surface area (Å²) in [6.45, 7) is 3.51. The van der Waals surface area contributed by atoms with Gasteiger partial charge in [-0.05, 0) is 56.2 Å². The van der Waals surface area contributed by atoms with E-state index in [9.17, 15) is 9.59 Å². The number of esters is 1. The second-order valence-electron chi connectivity index (χ2n) is 6.93. The summed E-state index contributed by atoms with van der Waals surface area (Å²) in [4.78, 5) is 26.7. The van der Waals surface area contributed by atoms with Crippen LogP contribution >= 0.6 is 11.6 Å². The molecule has 1 fully saturated rings. The second kappa shape index (κ2) is 9.60. The fraction of sp³-hybridized carbons (Fsp3) is 0.364. The molecule has 1 aliphatic rings. The molecule has 1 amide bonds. The molecule has 1 aliphatic heterocycles. The number of amides is 1. The lowest BCUT2D eigenvalue weighted by Gasteiger charge is -2.31. The molecule has 5 nitrogen and oxygen atoms in total. The van der Waals surface area contributed by atoms with Gasteiger partial charge < -0.3 is 14.4 Å². The lowest BCUT2D eigenvalue weighted by atomic mass is 9.97. The minimum absolute atomic E-state index is 0.0862. The number of hydrogen-bond donors (Lipinski definition) is 0. The second-order valence-corrected chi connectivity index (χ2v) is 7.36. The maximum Gasteiger partial charge on any atom is 0.310 e. The Balaban J connectivity index is 1.45. The van der Waals surface area contributed by atoms with E-state index in [1.807, 2.05) is 31.2 Å². The quantitative estimate of drug-likeness (QED) is 0.539. The Morgan fingerprint density at radius 2 is 1.79 bits per heavy atom. The molecule has 0 spiro atoms. The van der Waals surface area contributed by atoms with Gasteiger partial charge in [-0.2, -0.15) is 0 Å². The van der Waals surface area contributed by atoms with Crippen molar-refractivity contribution < 1.29 is 19.1 Å². The molecule has 1 saturated heterocycles. The number of rotatable bonds is 6. The van der Waals surface area contributed by atoms with Crippen LogP contribution in [0.2, 0.25) is 5.02 Å². The zero-order valence-electron chi connectivity index (χ0n) is 15.9. The molecule has 148 valence electrons. The Kier molecular flexibility index (Phi) is 6.93. The minimum Gasteiger partial charge on any atom is -0.490 e. The number of halogens is 1. The van der Waals surface area contributed by atoms with Gasteiger partial charge in [0.05, 0.1) is 5.92 Å². The van der Waals surface area contributed by atoms with E-state index in [1.165, 1.54) is 0 Å². The predicted octanol–water partition coefficient (Wildman–Crippen LogP) is 4.12. The summed E-state index contributed by atoms with van der Waals surface area (Å²) in [5.74, 6) is 0.0846. The molecule has 28 heavy (non-hydrogen) atoms. The first-order chi connectivity index (χ1) is 13.5. The molecule has 0 saturated carbocycles. The maximum absolute atomic E-state index is 12.6. The maximum atomic E-state index is 12.6. The number of benzene rings is 2. The van der Waals surface area contributed by atoms with Crippen LogP contribution < -0.4 is 4.74 Å². The van der Waals surface area contributed by atoms with E-state index >= 15 is 0 Å². The third-order valence-electron chi connectivity index (χ3n) is 4.75. The minimum atomic E-state index is -0.302. The highest BCUT2D eigenvalue weighted by Crippen LogP contribution is 2.21. The van der Waals surface area contributed by atoms with E-state index in [4.69, 9.17) is 21.1 Å². The van der Waals surface area contributed by atoms with Crippen molar-refractivity contribution in [1.82, 2.24) is 4.90 Å². The van der Waals surface area contributed by atoms with E-state index in [1.54, 1.807) is 29.2 Å². The normalized spacial score (nSPS) is 16.5. The molecule has 3 rings (SSSR count). The number of nitrogens with zero attached hydrogens (tertiary/aromatic N) is 1. The number of piperidine rings is 1. The third-order valence-corrected chi connectivity index (χ3v) is 5.00. The van der Waals surface area contributed by atoms with Gasteiger partial charge >= 0.3 is 5.97 Å². The van der Waals surface area contributed by atoms with Gasteiger partial charge in [-0.15, -0.1) is 0 Å². The molecule has 0 radical (unpaired) electrons. The molecule has 0 N–H and O–H groups in total. The van der Waals surface area contributed by atoms with Crippen LogP contribution in [-0.4, -0.2) is 43.1 Å². The number of aryl methyl sites for hydroxylation is 1. The van der Waals surface area contributed by atoms with E-state index in [0.29, 0.717) is 30.3 Å². The molecule has 1 unspecified atom stereocenters. The van der Waals surface area contributed by atoms with Gasteiger partial charge in [0.25, 0.3) is 5.91 Å². The van der Waals surface area contributed by atoms with Gasteiger partial charge in [0.15, 0.2) is 0 Å². The molecule has 0 aromatic heterocycles. The van der Waals surface area contributed by atoms with Crippen molar-refractivity contribution >= 4 is 23.5 Å². The fourth-order valence-electron chi connectivity index (χ4n) is 3.18. The zero-order valence-corrected chi connectivity index (χ0v) is 16.7. The zero-order chi connectivity index (χ0) is 19.9. The number of hydrogen-bond acceptors (Lipinski definition) is 4. The van der Waals surface area contributed by atoms with Crippen molar-refractivity contribution in [2.24, 2.45) is 5.92 Å². The van der Waals surface area contributed by atoms with E-state index in [-0.39, 0.29) is 24.4 Å². The van der Waals surface area contributed by atoms with Crippen LogP contribution in [0, 0.1) is 12.8 Å². The van der Waals surface area contributed by atoms with Crippen molar-refractivity contribution in [3.8, 4) is 5.75 Å². The smallest absolute Gasteiger partial charge is 0.310 e. The topological polar surface area (TPSA) is 55.8 Å². The van der Waals surface area contributed by atoms with Crippen LogP contribution in [0.3, 0.4) is 0 Å². The first-order valence-corrected chi connectivity index (χ1v) is 9.81. The summed E-state index contributed by atoms with van der Waals surface area (Å²) in [6.07, 6.45) is 1.50. The molecule has 0 bridgehead atoms. The number of likely N-dealkylation sites (tertiary alicyclic amines) is 1. The van der Waals surface area contributed by atoms with Crippen molar-refractivity contribution in [1.29, 1.82) is 0 Å². The third kappa shape index (κ3) is 5.49. The van der Waals surface area contributed by atoms with Crippen molar-refractivity contribution in [3.63, 3.8) is 0 Å². The summed E-state index contributed by atoms with van der Waals surface area (Å²) < 4.78 is 10.9. The summed E-state index contributed by atoms with van der Waals surface area (Å²) in [7, 11) is 0. The van der Waals surface area contributed by atoms with Gasteiger partial charge in [-0.1, -0.05) is 29.3 Å². The number of ether oxygens (including phenoxy) is 2. The Morgan fingerprint density at radius 3 is 2.50 bits per heavy atom. The monoisotopic (exact) mass is 401 g/mol. The van der Waals surface area contributed by atoms with Gasteiger partial charge in [-0.3, -0.25) is 9.59 Å². The summed E-state index contributed by atoms with van der Waals surface area (Å²) in [5, 5.41) is 0.588. The highest BCUT2D eigenvalue weighted by Gasteiger charge is 2.29. The van der Waals surface area contributed by atoms with Gasteiger partial charge in [0.1, 0.15) is 19.0 Å². The van der Waals surface area contributed by atoms with Crippen LogP contribution in [0.4, 0.5) is 0 Å². The van der Waals surface area contributed by atoms with Crippen LogP contribution in [0.1, 0.15) is 28.8 Å². The highest BCUT2D eigenvalue weighted by atomic mass is 35.5. The average molecular weight is 402 g/mol. The number of carbonyl (C=O) groups is 2. The Morgan fingerprint density at radius 1 is 1.07 bits per heavy atom. The largest absolute Gasteiger partial charge is 0.490 e. The highest BCUT2D eigenvalue weighted by molar-refractivity contribution is 6.30. The number of carbonyl (C=O) groups excluding carboxylic acids is 2. The van der Waals surface area contributed by atoms with Crippen molar-refractivity contribution in [2.75, 3.05) is 26.3 Å². The standard InChI is InChI=1S/C22H24ClNO4/c1-16-4-10-20(11-5-16)27-13-14-28-22(26)18-3-2-12-24(15-18)21(25)17-6-8-19(23)9-7-17/h4-11,18H,2-3,12-15H2,1H3. The van der Waals surface area contributed by atoms with Gasteiger partial charge in [0, 0.05) is 23.7 Å². The van der Waals surface area contributed by atoms with E-state index < -0.39 is 0 Å². The van der Waals surface area contributed by atoms with Gasteiger partial charge in [-0.25, -0.2) is 0 Å². The lowest BCUT2D eigenvalue weighted by molar-refractivity contribution is -0.150. The molecule has 6 heteroatoms. The molecular formula is C22H24ClNO4. The Hall–Kier alpha value is -2.53. The molecule has 1 heterocycles. The lowest BCUT2D eigenvalue weighted by Crippen LogP contribution is -2.43. The molecule has 2 aromatic rings. The summed E-state index contributed by atoms with van der Waals surface area (Å²) in [5.41, 5.74) is 1.73. The van der Waals surface area contributed by atoms with Gasteiger partial charge in [0.2, 0.25) is 0 Å². The van der Waals surface area contributed by atoms with Crippen LogP contribution in [-0.2, 0) is 9.53 Å². The SMILES string of the molecule is Cc1ccc(OCCOC(=O)C2CCCN(C(=O)c3ccc(Cl)cc3)C2)cc1. The molecule has 2 aromatic carbocycles. The average Bonchev–Trinajstić information content (AvgIpc) is 2.72. The van der Waals surface area contributed by atoms with Crippen LogP contribution in [0.5, 0.6) is 5.75 Å². The predicted molar refractivity (Wildman–Crippen MR) is 108 cm³/mol. The fourth-order valence-corrected chi connectivity index (χ4v) is 3.31. The Bertz CT molecular complexity index is 804. The summed E-state index contributed by atoms with van der Waals surface area (Å²) >= 11 is 5.88. The van der Waals surface area contributed by atoms with Crippen molar-refractivity contribution in [2.45, 2.75) is 19.8 Å². The first-order valence-electron chi connectivity index (χ1n) is 9.44. The molecular weight excluding hydrogens is 378 g/mol. The van der Waals surface area contributed by atoms with Crippen LogP contribution in [0.25, 0.3) is 0 Å². The van der Waals surface area contributed by atoms with Crippen molar-refractivity contribution in [3.05, 3.63) is 64.7 Å². The Labute approximate surface area is 170 Å². The summed E-state index contributed by atoms with van der Waals surface area (Å²) in [6, 6.07) is 14.5. The van der Waals surface area contributed by atoms with E-state index in [2.05, 4.69) is 0 Å².